The molecule has 1 aliphatic carbocycles. The maximum Gasteiger partial charge on any atom is 0.290 e. The van der Waals surface area contributed by atoms with Gasteiger partial charge < -0.3 is 20.6 Å². The van der Waals surface area contributed by atoms with E-state index in [9.17, 15) is 9.59 Å². The third-order valence-electron chi connectivity index (χ3n) is 6.90. The lowest BCUT2D eigenvalue weighted by Gasteiger charge is -2.44. The van der Waals surface area contributed by atoms with Crippen molar-refractivity contribution in [2.45, 2.75) is 57.0 Å². The highest BCUT2D eigenvalue weighted by Gasteiger charge is 2.35. The number of fused-ring (bicyclic) bond motifs is 4. The lowest BCUT2D eigenvalue weighted by Crippen LogP contribution is -2.57. The van der Waals surface area contributed by atoms with Crippen LogP contribution in [0.25, 0.3) is 10.9 Å². The van der Waals surface area contributed by atoms with Crippen LogP contribution >= 0.6 is 0 Å². The number of nitrogens with zero attached hydrogens (tertiary/aromatic N) is 2. The largest absolute Gasteiger partial charge is 0.483 e. The van der Waals surface area contributed by atoms with E-state index in [-0.39, 0.29) is 24.3 Å². The summed E-state index contributed by atoms with van der Waals surface area (Å²) in [5.41, 5.74) is 2.16. The van der Waals surface area contributed by atoms with Gasteiger partial charge in [0.25, 0.3) is 12.4 Å². The van der Waals surface area contributed by atoms with Crippen LogP contribution in [-0.2, 0) is 16.0 Å². The van der Waals surface area contributed by atoms with E-state index in [0.29, 0.717) is 24.1 Å². The number of aromatic amines is 1. The Kier molecular flexibility index (Phi) is 7.04. The topological polar surface area (TPSA) is 127 Å². The summed E-state index contributed by atoms with van der Waals surface area (Å²) in [6.07, 6.45) is 7.21. The molecule has 4 N–H and O–H groups in total. The first-order chi connectivity index (χ1) is 15.6. The van der Waals surface area contributed by atoms with Crippen LogP contribution in [0.2, 0.25) is 0 Å². The Labute approximate surface area is 186 Å². The number of hydrogen-bond acceptors (Lipinski definition) is 5. The first kappa shape index (κ1) is 22.3. The summed E-state index contributed by atoms with van der Waals surface area (Å²) in [5.74, 6) is 0.504. The summed E-state index contributed by atoms with van der Waals surface area (Å²) in [7, 11) is 0. The summed E-state index contributed by atoms with van der Waals surface area (Å²) in [5, 5.41) is 21.2. The molecule has 3 aliphatic heterocycles. The van der Waals surface area contributed by atoms with E-state index in [1.165, 1.54) is 12.8 Å². The standard InChI is InChI=1S/C22H29N5O2.CH2O2/c28-20(23-16-3-1-2-4-16)12-14-5-6-18-17(11-14)21(26-25-18)22(29)24-19-13-27-9-7-15(19)8-10-27;2-1-3/h5-6,11,15-16,19H,1-4,7-10,12-13H2,(H,23,28)(H,24,29)(H,25,26);1H,(H,2,3)/t19-;/m0./s1. The third-order valence-corrected chi connectivity index (χ3v) is 6.90. The SMILES string of the molecule is O=C(Cc1ccc2[nH]nc(C(=O)N[C@H]3CN4CCC3CC4)c2c1)NC1CCCC1.O=CO. The molecule has 2 amide bonds. The van der Waals surface area contributed by atoms with Crippen LogP contribution in [0, 0.1) is 5.92 Å². The molecule has 0 radical (unpaired) electrons. The molecule has 4 aliphatic rings. The molecule has 172 valence electrons. The number of rotatable bonds is 5. The number of hydrogen-bond donors (Lipinski definition) is 4. The number of nitrogens with one attached hydrogen (secondary N) is 3. The third kappa shape index (κ3) is 5.09. The summed E-state index contributed by atoms with van der Waals surface area (Å²) in [4.78, 5) is 36.1. The number of carboxylic acid groups (broad SMARTS) is 1. The highest BCUT2D eigenvalue weighted by molar-refractivity contribution is 6.05. The van der Waals surface area contributed by atoms with Crippen molar-refractivity contribution in [3.63, 3.8) is 0 Å². The van der Waals surface area contributed by atoms with Crippen LogP contribution in [0.5, 0.6) is 0 Å². The molecule has 6 rings (SSSR count). The van der Waals surface area contributed by atoms with Gasteiger partial charge in [-0.25, -0.2) is 0 Å². The van der Waals surface area contributed by atoms with Crippen LogP contribution < -0.4 is 10.6 Å². The maximum atomic E-state index is 12.9. The highest BCUT2D eigenvalue weighted by Crippen LogP contribution is 2.28. The Morgan fingerprint density at radius 2 is 1.88 bits per heavy atom. The lowest BCUT2D eigenvalue weighted by atomic mass is 9.84. The van der Waals surface area contributed by atoms with Gasteiger partial charge in [0.2, 0.25) is 5.91 Å². The average molecular weight is 442 g/mol. The predicted octanol–water partition coefficient (Wildman–Crippen LogP) is 1.69. The van der Waals surface area contributed by atoms with Gasteiger partial charge in [-0.05, 0) is 62.4 Å². The van der Waals surface area contributed by atoms with Crippen molar-refractivity contribution in [2.24, 2.45) is 5.92 Å². The zero-order valence-electron chi connectivity index (χ0n) is 18.2. The molecule has 1 saturated carbocycles. The fourth-order valence-corrected chi connectivity index (χ4v) is 5.24. The fraction of sp³-hybridized carbons (Fsp3) is 0.565. The Bertz CT molecular complexity index is 960. The number of benzene rings is 1. The van der Waals surface area contributed by atoms with Gasteiger partial charge in [-0.2, -0.15) is 5.10 Å². The molecule has 32 heavy (non-hydrogen) atoms. The zero-order valence-corrected chi connectivity index (χ0v) is 18.2. The van der Waals surface area contributed by atoms with Crippen LogP contribution in [0.15, 0.2) is 18.2 Å². The molecule has 2 aromatic rings. The molecule has 2 bridgehead atoms. The zero-order chi connectivity index (χ0) is 22.5. The first-order valence-electron chi connectivity index (χ1n) is 11.4. The molecule has 0 unspecified atom stereocenters. The Morgan fingerprint density at radius 3 is 2.53 bits per heavy atom. The second kappa shape index (κ2) is 10.1. The van der Waals surface area contributed by atoms with Crippen molar-refractivity contribution in [2.75, 3.05) is 19.6 Å². The van der Waals surface area contributed by atoms with Crippen LogP contribution in [0.3, 0.4) is 0 Å². The van der Waals surface area contributed by atoms with E-state index < -0.39 is 0 Å². The van der Waals surface area contributed by atoms with Gasteiger partial charge in [0, 0.05) is 24.0 Å². The van der Waals surface area contributed by atoms with Gasteiger partial charge in [-0.3, -0.25) is 19.5 Å². The molecule has 4 heterocycles. The van der Waals surface area contributed by atoms with Crippen molar-refractivity contribution in [3.05, 3.63) is 29.5 Å². The second-order valence-electron chi connectivity index (χ2n) is 9.00. The maximum absolute atomic E-state index is 12.9. The van der Waals surface area contributed by atoms with Gasteiger partial charge in [-0.15, -0.1) is 0 Å². The van der Waals surface area contributed by atoms with Gasteiger partial charge in [0.05, 0.1) is 11.9 Å². The van der Waals surface area contributed by atoms with Gasteiger partial charge >= 0.3 is 0 Å². The van der Waals surface area contributed by atoms with Crippen molar-refractivity contribution in [1.82, 2.24) is 25.7 Å². The summed E-state index contributed by atoms with van der Waals surface area (Å²) in [6.45, 7) is 2.98. The van der Waals surface area contributed by atoms with Crippen LogP contribution in [0.4, 0.5) is 0 Å². The molecule has 9 nitrogen and oxygen atoms in total. The molecule has 0 spiro atoms. The number of carbonyl (C=O) groups excluding carboxylic acids is 2. The minimum Gasteiger partial charge on any atom is -0.483 e. The van der Waals surface area contributed by atoms with Crippen molar-refractivity contribution >= 4 is 29.2 Å². The molecule has 1 atom stereocenters. The number of carbonyl (C=O) groups is 3. The van der Waals surface area contributed by atoms with Gasteiger partial charge in [0.1, 0.15) is 0 Å². The van der Waals surface area contributed by atoms with E-state index in [2.05, 4.69) is 25.7 Å². The molecule has 4 fully saturated rings. The highest BCUT2D eigenvalue weighted by atomic mass is 16.3. The lowest BCUT2D eigenvalue weighted by molar-refractivity contribution is -0.123. The smallest absolute Gasteiger partial charge is 0.290 e. The number of piperidine rings is 3. The molecular formula is C23H31N5O4. The molecule has 9 heteroatoms. The molecule has 1 aromatic heterocycles. The molecule has 3 saturated heterocycles. The van der Waals surface area contributed by atoms with E-state index >= 15 is 0 Å². The Balaban J connectivity index is 0.000000775. The van der Waals surface area contributed by atoms with Crippen LogP contribution in [-0.4, -0.2) is 70.2 Å². The summed E-state index contributed by atoms with van der Waals surface area (Å²) in [6, 6.07) is 6.30. The van der Waals surface area contributed by atoms with Gasteiger partial charge in [0.15, 0.2) is 5.69 Å². The van der Waals surface area contributed by atoms with E-state index in [1.807, 2.05) is 18.2 Å². The van der Waals surface area contributed by atoms with Crippen molar-refractivity contribution in [3.8, 4) is 0 Å². The van der Waals surface area contributed by atoms with Gasteiger partial charge in [-0.1, -0.05) is 18.9 Å². The van der Waals surface area contributed by atoms with Crippen molar-refractivity contribution in [1.29, 1.82) is 0 Å². The molecular weight excluding hydrogens is 410 g/mol. The van der Waals surface area contributed by atoms with E-state index in [1.54, 1.807) is 0 Å². The fourth-order valence-electron chi connectivity index (χ4n) is 5.24. The summed E-state index contributed by atoms with van der Waals surface area (Å²) < 4.78 is 0. The second-order valence-corrected chi connectivity index (χ2v) is 9.00. The van der Waals surface area contributed by atoms with E-state index in [0.717, 1.165) is 61.8 Å². The average Bonchev–Trinajstić information content (AvgIpc) is 3.44. The molecule has 1 aromatic carbocycles. The number of H-pyrrole nitrogens is 1. The van der Waals surface area contributed by atoms with E-state index in [4.69, 9.17) is 9.90 Å². The Hall–Kier alpha value is -2.94. The summed E-state index contributed by atoms with van der Waals surface area (Å²) >= 11 is 0. The monoisotopic (exact) mass is 441 g/mol. The minimum absolute atomic E-state index is 0.0537. The van der Waals surface area contributed by atoms with Crippen molar-refractivity contribution < 1.29 is 19.5 Å². The quantitative estimate of drug-likeness (QED) is 0.523. The number of aromatic nitrogens is 2. The Morgan fingerprint density at radius 1 is 1.16 bits per heavy atom. The minimum atomic E-state index is -0.250. The predicted molar refractivity (Wildman–Crippen MR) is 119 cm³/mol. The first-order valence-corrected chi connectivity index (χ1v) is 11.4. The normalized spacial score (nSPS) is 24.6. The number of amides is 2. The van der Waals surface area contributed by atoms with Crippen LogP contribution in [0.1, 0.15) is 54.6 Å².